The molecule has 0 aromatic heterocycles. The van der Waals surface area contributed by atoms with Gasteiger partial charge in [0.25, 0.3) is 5.91 Å². The molecule has 25 heavy (non-hydrogen) atoms. The number of likely N-dealkylation sites (N-methyl/N-ethyl adjacent to an activating group) is 2. The molecule has 1 amide bonds. The second-order valence-electron chi connectivity index (χ2n) is 7.12. The number of sulfonamides is 1. The third-order valence-corrected chi connectivity index (χ3v) is 6.46. The van der Waals surface area contributed by atoms with Crippen LogP contribution in [0.4, 0.5) is 0 Å². The van der Waals surface area contributed by atoms with Crippen molar-refractivity contribution in [3.63, 3.8) is 0 Å². The van der Waals surface area contributed by atoms with Crippen molar-refractivity contribution in [1.29, 1.82) is 0 Å². The molecule has 1 aromatic carbocycles. The Balaban J connectivity index is 2.14. The van der Waals surface area contributed by atoms with Gasteiger partial charge in [-0.15, -0.1) is 0 Å². The highest BCUT2D eigenvalue weighted by Gasteiger charge is 2.31. The van der Waals surface area contributed by atoms with Gasteiger partial charge in [0.05, 0.1) is 4.90 Å². The van der Waals surface area contributed by atoms with Crippen molar-refractivity contribution in [2.45, 2.75) is 25.2 Å². The summed E-state index contributed by atoms with van der Waals surface area (Å²) in [5.41, 5.74) is 0.498. The van der Waals surface area contributed by atoms with Crippen LogP contribution < -0.4 is 5.32 Å². The number of hydrogen-bond acceptors (Lipinski definition) is 4. The Hall–Kier alpha value is -1.44. The van der Waals surface area contributed by atoms with Crippen molar-refractivity contribution in [1.82, 2.24) is 14.5 Å². The van der Waals surface area contributed by atoms with Gasteiger partial charge in [-0.05, 0) is 49.6 Å². The lowest BCUT2D eigenvalue weighted by atomic mass is 9.94. The van der Waals surface area contributed by atoms with Gasteiger partial charge in [0.1, 0.15) is 0 Å². The summed E-state index contributed by atoms with van der Waals surface area (Å²) < 4.78 is 27.3. The molecule has 1 N–H and O–H groups in total. The van der Waals surface area contributed by atoms with E-state index in [0.29, 0.717) is 43.6 Å². The molecule has 0 aliphatic carbocycles. The van der Waals surface area contributed by atoms with E-state index in [1.807, 2.05) is 7.05 Å². The number of benzene rings is 1. The molecule has 1 fully saturated rings. The van der Waals surface area contributed by atoms with Gasteiger partial charge in [-0.3, -0.25) is 4.79 Å². The van der Waals surface area contributed by atoms with Crippen molar-refractivity contribution in [2.24, 2.45) is 11.8 Å². The second kappa shape index (κ2) is 8.29. The van der Waals surface area contributed by atoms with E-state index in [1.165, 1.54) is 0 Å². The minimum absolute atomic E-state index is 0.112. The van der Waals surface area contributed by atoms with Crippen molar-refractivity contribution in [3.8, 4) is 0 Å². The molecule has 1 aliphatic heterocycles. The number of amides is 1. The van der Waals surface area contributed by atoms with Gasteiger partial charge in [-0.2, -0.15) is 4.31 Å². The summed E-state index contributed by atoms with van der Waals surface area (Å²) in [5.74, 6) is 0.611. The van der Waals surface area contributed by atoms with Crippen LogP contribution in [-0.4, -0.2) is 63.8 Å². The molecule has 2 rings (SSSR count). The molecule has 7 heteroatoms. The normalized spacial score (nSPS) is 21.9. The number of rotatable bonds is 6. The number of nitrogens with one attached hydrogen (secondary N) is 1. The zero-order valence-corrected chi connectivity index (χ0v) is 16.3. The monoisotopic (exact) mass is 367 g/mol. The molecule has 0 radical (unpaired) electrons. The maximum absolute atomic E-state index is 12.9. The summed E-state index contributed by atoms with van der Waals surface area (Å²) >= 11 is 0. The third kappa shape index (κ3) is 4.80. The Morgan fingerprint density at radius 1 is 1.20 bits per heavy atom. The standard InChI is InChI=1S/C18H29N3O3S/c1-14-11-15(2)13-21(12-14)25(23,24)17-7-5-16(6-8-17)18(22)20(4)10-9-19-3/h5-8,14-15,19H,9-13H2,1-4H3. The first kappa shape index (κ1) is 19.9. The van der Waals surface area contributed by atoms with Crippen LogP contribution in [0.15, 0.2) is 29.2 Å². The van der Waals surface area contributed by atoms with E-state index < -0.39 is 10.0 Å². The Kier molecular flexibility index (Phi) is 6.59. The van der Waals surface area contributed by atoms with E-state index >= 15 is 0 Å². The average molecular weight is 368 g/mol. The first-order chi connectivity index (χ1) is 11.8. The zero-order chi connectivity index (χ0) is 18.6. The van der Waals surface area contributed by atoms with Crippen molar-refractivity contribution in [3.05, 3.63) is 29.8 Å². The van der Waals surface area contributed by atoms with Crippen molar-refractivity contribution in [2.75, 3.05) is 40.3 Å². The van der Waals surface area contributed by atoms with Crippen LogP contribution in [-0.2, 0) is 10.0 Å². The van der Waals surface area contributed by atoms with E-state index in [-0.39, 0.29) is 10.8 Å². The van der Waals surface area contributed by atoms with Gasteiger partial charge >= 0.3 is 0 Å². The minimum atomic E-state index is -3.51. The fourth-order valence-corrected chi connectivity index (χ4v) is 5.00. The highest BCUT2D eigenvalue weighted by Crippen LogP contribution is 2.26. The van der Waals surface area contributed by atoms with Crippen LogP contribution in [0.25, 0.3) is 0 Å². The van der Waals surface area contributed by atoms with Gasteiger partial charge in [0.15, 0.2) is 0 Å². The van der Waals surface area contributed by atoms with Crippen LogP contribution in [0.2, 0.25) is 0 Å². The molecule has 0 spiro atoms. The predicted molar refractivity (Wildman–Crippen MR) is 99.0 cm³/mol. The van der Waals surface area contributed by atoms with Gasteiger partial charge in [0.2, 0.25) is 10.0 Å². The number of carbonyl (C=O) groups is 1. The number of piperidine rings is 1. The highest BCUT2D eigenvalue weighted by atomic mass is 32.2. The maximum Gasteiger partial charge on any atom is 0.253 e. The lowest BCUT2D eigenvalue weighted by molar-refractivity contribution is 0.0796. The summed E-state index contributed by atoms with van der Waals surface area (Å²) in [4.78, 5) is 14.2. The molecule has 2 unspecified atom stereocenters. The minimum Gasteiger partial charge on any atom is -0.340 e. The maximum atomic E-state index is 12.9. The fourth-order valence-electron chi connectivity index (χ4n) is 3.32. The molecule has 1 aliphatic rings. The Morgan fingerprint density at radius 3 is 2.28 bits per heavy atom. The zero-order valence-electron chi connectivity index (χ0n) is 15.5. The van der Waals surface area contributed by atoms with Gasteiger partial charge in [-0.1, -0.05) is 13.8 Å². The summed E-state index contributed by atoms with van der Waals surface area (Å²) in [5, 5.41) is 3.00. The lowest BCUT2D eigenvalue weighted by Gasteiger charge is -2.34. The number of carbonyl (C=O) groups excluding carboxylic acids is 1. The second-order valence-corrected chi connectivity index (χ2v) is 9.06. The van der Waals surface area contributed by atoms with Crippen molar-refractivity contribution < 1.29 is 13.2 Å². The molecule has 140 valence electrons. The Morgan fingerprint density at radius 2 is 1.76 bits per heavy atom. The summed E-state index contributed by atoms with van der Waals surface area (Å²) in [6.07, 6.45) is 1.05. The first-order valence-electron chi connectivity index (χ1n) is 8.76. The molecule has 1 saturated heterocycles. The molecule has 1 heterocycles. The largest absolute Gasteiger partial charge is 0.340 e. The topological polar surface area (TPSA) is 69.7 Å². The van der Waals surface area contributed by atoms with E-state index in [2.05, 4.69) is 19.2 Å². The van der Waals surface area contributed by atoms with E-state index in [0.717, 1.165) is 6.42 Å². The number of hydrogen-bond donors (Lipinski definition) is 1. The van der Waals surface area contributed by atoms with Crippen LogP contribution in [0, 0.1) is 11.8 Å². The number of nitrogens with zero attached hydrogens (tertiary/aromatic N) is 2. The molecule has 1 aromatic rings. The van der Waals surface area contributed by atoms with Crippen molar-refractivity contribution >= 4 is 15.9 Å². The lowest BCUT2D eigenvalue weighted by Crippen LogP contribution is -2.42. The highest BCUT2D eigenvalue weighted by molar-refractivity contribution is 7.89. The SMILES string of the molecule is CNCCN(C)C(=O)c1ccc(S(=O)(=O)N2CC(C)CC(C)C2)cc1. The molecule has 2 atom stereocenters. The molecule has 0 bridgehead atoms. The molecule has 6 nitrogen and oxygen atoms in total. The van der Waals surface area contributed by atoms with Crippen LogP contribution in [0.3, 0.4) is 0 Å². The third-order valence-electron chi connectivity index (χ3n) is 4.62. The smallest absolute Gasteiger partial charge is 0.253 e. The fraction of sp³-hybridized carbons (Fsp3) is 0.611. The Labute approximate surface area is 151 Å². The van der Waals surface area contributed by atoms with Crippen LogP contribution in [0.5, 0.6) is 0 Å². The molecular formula is C18H29N3O3S. The van der Waals surface area contributed by atoms with E-state index in [1.54, 1.807) is 40.5 Å². The van der Waals surface area contributed by atoms with Crippen LogP contribution in [0.1, 0.15) is 30.6 Å². The molecule has 0 saturated carbocycles. The van der Waals surface area contributed by atoms with Gasteiger partial charge < -0.3 is 10.2 Å². The first-order valence-corrected chi connectivity index (χ1v) is 10.2. The summed E-state index contributed by atoms with van der Waals surface area (Å²) in [7, 11) is 0.0642. The van der Waals surface area contributed by atoms with E-state index in [4.69, 9.17) is 0 Å². The summed E-state index contributed by atoms with van der Waals surface area (Å²) in [6, 6.07) is 6.28. The van der Waals surface area contributed by atoms with Gasteiger partial charge in [-0.25, -0.2) is 8.42 Å². The van der Waals surface area contributed by atoms with E-state index in [9.17, 15) is 13.2 Å². The summed E-state index contributed by atoms with van der Waals surface area (Å²) in [6.45, 7) is 6.58. The quantitative estimate of drug-likeness (QED) is 0.830. The Bertz CT molecular complexity index is 678. The predicted octanol–water partition coefficient (Wildman–Crippen LogP) is 1.64. The average Bonchev–Trinajstić information content (AvgIpc) is 2.58. The van der Waals surface area contributed by atoms with Crippen LogP contribution >= 0.6 is 0 Å². The van der Waals surface area contributed by atoms with Gasteiger partial charge in [0, 0.05) is 38.8 Å². The molecular weight excluding hydrogens is 338 g/mol.